The Hall–Kier alpha value is -2.22. The summed E-state index contributed by atoms with van der Waals surface area (Å²) < 4.78 is 0. The third kappa shape index (κ3) is 2.88. The number of nitrogens with one attached hydrogen (secondary N) is 1. The molecule has 0 fully saturated rings. The van der Waals surface area contributed by atoms with Crippen molar-refractivity contribution < 1.29 is 5.11 Å². The number of rotatable bonds is 3. The first-order valence-corrected chi connectivity index (χ1v) is 5.53. The standard InChI is InChI=1S/C15H15NO/c1-16-14-11-13(9-10-15(14)17)8-7-12-5-3-2-4-6-12/h2-11,16-17H,1H3/b8-7+. The second kappa shape index (κ2) is 5.21. The Balaban J connectivity index is 2.22. The average Bonchev–Trinajstić information content (AvgIpc) is 2.39. The van der Waals surface area contributed by atoms with Crippen molar-refractivity contribution in [3.8, 4) is 5.75 Å². The Morgan fingerprint density at radius 3 is 2.35 bits per heavy atom. The fraction of sp³-hybridized carbons (Fsp3) is 0.0667. The van der Waals surface area contributed by atoms with Crippen LogP contribution in [0.15, 0.2) is 48.5 Å². The third-order valence-electron chi connectivity index (χ3n) is 2.56. The molecule has 0 aliphatic carbocycles. The van der Waals surface area contributed by atoms with Crippen LogP contribution in [0.25, 0.3) is 12.2 Å². The normalized spacial score (nSPS) is 10.6. The van der Waals surface area contributed by atoms with Crippen molar-refractivity contribution >= 4 is 17.8 Å². The monoisotopic (exact) mass is 225 g/mol. The first-order chi connectivity index (χ1) is 8.29. The molecule has 2 heteroatoms. The van der Waals surface area contributed by atoms with E-state index in [4.69, 9.17) is 0 Å². The lowest BCUT2D eigenvalue weighted by Crippen LogP contribution is -1.88. The van der Waals surface area contributed by atoms with Crippen LogP contribution in [-0.2, 0) is 0 Å². The number of phenols is 1. The molecule has 0 saturated heterocycles. The number of hydrogen-bond acceptors (Lipinski definition) is 2. The summed E-state index contributed by atoms with van der Waals surface area (Å²) in [5, 5.41) is 12.5. The lowest BCUT2D eigenvalue weighted by Gasteiger charge is -2.04. The fourth-order valence-corrected chi connectivity index (χ4v) is 1.61. The molecule has 17 heavy (non-hydrogen) atoms. The molecule has 0 radical (unpaired) electrons. The van der Waals surface area contributed by atoms with Crippen LogP contribution in [0, 0.1) is 0 Å². The third-order valence-corrected chi connectivity index (χ3v) is 2.56. The zero-order valence-electron chi connectivity index (χ0n) is 9.72. The van der Waals surface area contributed by atoms with Gasteiger partial charge in [0.05, 0.1) is 5.69 Å². The van der Waals surface area contributed by atoms with E-state index in [1.807, 2.05) is 42.5 Å². The predicted octanol–water partition coefficient (Wildman–Crippen LogP) is 3.60. The van der Waals surface area contributed by atoms with Gasteiger partial charge in [0.1, 0.15) is 5.75 Å². The Bertz CT molecular complexity index is 518. The van der Waals surface area contributed by atoms with Crippen molar-refractivity contribution in [3.63, 3.8) is 0 Å². The van der Waals surface area contributed by atoms with Crippen LogP contribution in [0.4, 0.5) is 5.69 Å². The minimum absolute atomic E-state index is 0.268. The molecule has 0 unspecified atom stereocenters. The molecule has 2 N–H and O–H groups in total. The topological polar surface area (TPSA) is 32.3 Å². The van der Waals surface area contributed by atoms with Gasteiger partial charge in [-0.2, -0.15) is 0 Å². The first kappa shape index (κ1) is 11.3. The van der Waals surface area contributed by atoms with Crippen molar-refractivity contribution in [2.24, 2.45) is 0 Å². The molecule has 0 atom stereocenters. The largest absolute Gasteiger partial charge is 0.506 e. The van der Waals surface area contributed by atoms with Crippen LogP contribution in [0.1, 0.15) is 11.1 Å². The quantitative estimate of drug-likeness (QED) is 0.618. The molecular formula is C15H15NO. The van der Waals surface area contributed by atoms with Gasteiger partial charge < -0.3 is 10.4 Å². The first-order valence-electron chi connectivity index (χ1n) is 5.53. The summed E-state index contributed by atoms with van der Waals surface area (Å²) >= 11 is 0. The van der Waals surface area contributed by atoms with E-state index >= 15 is 0 Å². The molecule has 0 aliphatic rings. The van der Waals surface area contributed by atoms with E-state index in [1.165, 1.54) is 0 Å². The highest BCUT2D eigenvalue weighted by Gasteiger charge is 1.98. The van der Waals surface area contributed by atoms with Crippen LogP contribution in [0.3, 0.4) is 0 Å². The van der Waals surface area contributed by atoms with Crippen LogP contribution in [0.5, 0.6) is 5.75 Å². The predicted molar refractivity (Wildman–Crippen MR) is 73.0 cm³/mol. The highest BCUT2D eigenvalue weighted by Crippen LogP contribution is 2.24. The molecule has 2 nitrogen and oxygen atoms in total. The maximum Gasteiger partial charge on any atom is 0.138 e. The summed E-state index contributed by atoms with van der Waals surface area (Å²) in [5.74, 6) is 0.268. The van der Waals surface area contributed by atoms with Crippen LogP contribution in [0.2, 0.25) is 0 Å². The van der Waals surface area contributed by atoms with E-state index < -0.39 is 0 Å². The molecule has 0 heterocycles. The second-order valence-corrected chi connectivity index (χ2v) is 3.77. The van der Waals surface area contributed by atoms with Crippen LogP contribution >= 0.6 is 0 Å². The molecule has 0 amide bonds. The van der Waals surface area contributed by atoms with Gasteiger partial charge in [0.15, 0.2) is 0 Å². The fourth-order valence-electron chi connectivity index (χ4n) is 1.61. The number of anilines is 1. The van der Waals surface area contributed by atoms with Gasteiger partial charge >= 0.3 is 0 Å². The summed E-state index contributed by atoms with van der Waals surface area (Å²) in [6, 6.07) is 15.6. The van der Waals surface area contributed by atoms with E-state index in [0.29, 0.717) is 0 Å². The van der Waals surface area contributed by atoms with Gasteiger partial charge in [-0.1, -0.05) is 48.6 Å². The lowest BCUT2D eigenvalue weighted by atomic mass is 10.1. The zero-order chi connectivity index (χ0) is 12.1. The Kier molecular flexibility index (Phi) is 3.46. The number of phenolic OH excluding ortho intramolecular Hbond substituents is 1. The second-order valence-electron chi connectivity index (χ2n) is 3.77. The van der Waals surface area contributed by atoms with Crippen molar-refractivity contribution in [1.29, 1.82) is 0 Å². The molecule has 2 rings (SSSR count). The van der Waals surface area contributed by atoms with E-state index in [9.17, 15) is 5.11 Å². The molecule has 0 aliphatic heterocycles. The highest BCUT2D eigenvalue weighted by molar-refractivity contribution is 5.72. The molecule has 0 aromatic heterocycles. The molecular weight excluding hydrogens is 210 g/mol. The van der Waals surface area contributed by atoms with Gasteiger partial charge in [0, 0.05) is 7.05 Å². The smallest absolute Gasteiger partial charge is 0.138 e. The van der Waals surface area contributed by atoms with Gasteiger partial charge in [-0.3, -0.25) is 0 Å². The molecule has 2 aromatic rings. The van der Waals surface area contributed by atoms with Crippen LogP contribution < -0.4 is 5.32 Å². The number of hydrogen-bond donors (Lipinski definition) is 2. The van der Waals surface area contributed by atoms with Crippen molar-refractivity contribution in [1.82, 2.24) is 0 Å². The Morgan fingerprint density at radius 2 is 1.65 bits per heavy atom. The maximum absolute atomic E-state index is 9.53. The van der Waals surface area contributed by atoms with Crippen LogP contribution in [-0.4, -0.2) is 12.2 Å². The minimum atomic E-state index is 0.268. The molecule has 0 bridgehead atoms. The summed E-state index contributed by atoms with van der Waals surface area (Å²) in [6.07, 6.45) is 4.07. The van der Waals surface area contributed by atoms with Gasteiger partial charge in [-0.25, -0.2) is 0 Å². The van der Waals surface area contributed by atoms with Gasteiger partial charge in [-0.05, 0) is 23.3 Å². The Morgan fingerprint density at radius 1 is 0.941 bits per heavy atom. The van der Waals surface area contributed by atoms with Crippen molar-refractivity contribution in [3.05, 3.63) is 59.7 Å². The van der Waals surface area contributed by atoms with E-state index in [2.05, 4.69) is 17.4 Å². The van der Waals surface area contributed by atoms with Gasteiger partial charge in [0.25, 0.3) is 0 Å². The van der Waals surface area contributed by atoms with E-state index in [-0.39, 0.29) is 5.75 Å². The van der Waals surface area contributed by atoms with Gasteiger partial charge in [0.2, 0.25) is 0 Å². The average molecular weight is 225 g/mol. The summed E-state index contributed by atoms with van der Waals surface area (Å²) in [7, 11) is 1.79. The number of benzene rings is 2. The number of aromatic hydroxyl groups is 1. The Labute approximate surface area is 101 Å². The molecule has 0 spiro atoms. The van der Waals surface area contributed by atoms with Crippen molar-refractivity contribution in [2.45, 2.75) is 0 Å². The highest BCUT2D eigenvalue weighted by atomic mass is 16.3. The van der Waals surface area contributed by atoms with Gasteiger partial charge in [-0.15, -0.1) is 0 Å². The lowest BCUT2D eigenvalue weighted by molar-refractivity contribution is 0.477. The van der Waals surface area contributed by atoms with E-state index in [0.717, 1.165) is 16.8 Å². The van der Waals surface area contributed by atoms with E-state index in [1.54, 1.807) is 13.1 Å². The maximum atomic E-state index is 9.53. The molecule has 86 valence electrons. The summed E-state index contributed by atoms with van der Waals surface area (Å²) in [6.45, 7) is 0. The summed E-state index contributed by atoms with van der Waals surface area (Å²) in [5.41, 5.74) is 2.95. The molecule has 0 saturated carbocycles. The summed E-state index contributed by atoms with van der Waals surface area (Å²) in [4.78, 5) is 0. The zero-order valence-corrected chi connectivity index (χ0v) is 9.72. The minimum Gasteiger partial charge on any atom is -0.506 e. The molecule has 2 aromatic carbocycles. The van der Waals surface area contributed by atoms with Crippen molar-refractivity contribution in [2.75, 3.05) is 12.4 Å². The SMILES string of the molecule is CNc1cc(/C=C/c2ccccc2)ccc1O.